The second kappa shape index (κ2) is 15.7. The van der Waals surface area contributed by atoms with E-state index >= 15 is 0 Å². The number of aliphatic hydroxyl groups is 1. The van der Waals surface area contributed by atoms with Crippen LogP contribution in [0, 0.1) is 5.92 Å². The van der Waals surface area contributed by atoms with Crippen molar-refractivity contribution < 1.29 is 39.0 Å². The highest BCUT2D eigenvalue weighted by atomic mass is 16.4. The SMILES string of the molecule is CC(C)[C@H](NC(=O)[C@@H]1CCCN1C(=O)[C@@H]1CCCN1C(=O)[C@@H]1CCCN1C(=O)[C@@H](N)Cc1ccccc1)C(=O)N[C@H](C(=O)O)[C@@H](C)O. The number of aliphatic hydroxyl groups excluding tert-OH is 1. The van der Waals surface area contributed by atoms with Crippen LogP contribution >= 0.6 is 0 Å². The molecule has 0 saturated carbocycles. The number of rotatable bonds is 12. The Labute approximate surface area is 275 Å². The number of nitrogens with two attached hydrogens (primary N) is 1. The van der Waals surface area contributed by atoms with Gasteiger partial charge in [0, 0.05) is 19.6 Å². The molecule has 0 radical (unpaired) electrons. The van der Waals surface area contributed by atoms with E-state index in [1.165, 1.54) is 11.8 Å². The number of likely N-dealkylation sites (tertiary alicyclic amines) is 3. The standard InChI is InChI=1S/C33H48N6O8/c1-19(2)26(29(42)36-27(20(3)40)33(46)47)35-28(41)23-12-7-15-37(23)31(44)25-14-9-17-39(25)32(45)24-13-8-16-38(24)30(43)22(34)18-21-10-5-4-6-11-21/h4-6,10-11,19-20,22-27,40H,7-9,12-18,34H2,1-3H3,(H,35,41)(H,36,42)(H,46,47)/t20-,22+,23+,24+,25+,26+,27+/m1/s1. The summed E-state index contributed by atoms with van der Waals surface area (Å²) in [4.78, 5) is 83.7. The molecule has 0 unspecified atom stereocenters. The smallest absolute Gasteiger partial charge is 0.328 e. The van der Waals surface area contributed by atoms with Crippen LogP contribution in [-0.4, -0.2) is 122 Å². The summed E-state index contributed by atoms with van der Waals surface area (Å²) in [7, 11) is 0. The van der Waals surface area contributed by atoms with Crippen molar-refractivity contribution in [2.24, 2.45) is 11.7 Å². The molecule has 14 nitrogen and oxygen atoms in total. The van der Waals surface area contributed by atoms with Crippen molar-refractivity contribution in [2.45, 2.75) is 108 Å². The molecule has 0 spiro atoms. The maximum atomic E-state index is 13.9. The van der Waals surface area contributed by atoms with Gasteiger partial charge in [0.05, 0.1) is 12.1 Å². The number of aliphatic carboxylic acids is 1. The van der Waals surface area contributed by atoms with Crippen LogP contribution in [0.25, 0.3) is 0 Å². The van der Waals surface area contributed by atoms with Crippen LogP contribution in [0.3, 0.4) is 0 Å². The molecular weight excluding hydrogens is 608 g/mol. The summed E-state index contributed by atoms with van der Waals surface area (Å²) in [5, 5.41) is 24.1. The van der Waals surface area contributed by atoms with Crippen molar-refractivity contribution in [2.75, 3.05) is 19.6 Å². The Balaban J connectivity index is 1.42. The highest BCUT2D eigenvalue weighted by molar-refractivity contribution is 5.97. The lowest BCUT2D eigenvalue weighted by Crippen LogP contribution is -2.60. The molecule has 7 atom stereocenters. The molecule has 1 aromatic rings. The average molecular weight is 657 g/mol. The van der Waals surface area contributed by atoms with Gasteiger partial charge in [-0.2, -0.15) is 0 Å². The zero-order chi connectivity index (χ0) is 34.4. The number of carbonyl (C=O) groups excluding carboxylic acids is 5. The molecule has 0 aromatic heterocycles. The molecule has 4 rings (SSSR count). The average Bonchev–Trinajstić information content (AvgIpc) is 3.82. The molecule has 3 saturated heterocycles. The van der Waals surface area contributed by atoms with Crippen molar-refractivity contribution in [3.63, 3.8) is 0 Å². The normalized spacial score (nSPS) is 23.7. The number of carboxylic acid groups (broad SMARTS) is 1. The minimum Gasteiger partial charge on any atom is -0.480 e. The van der Waals surface area contributed by atoms with Gasteiger partial charge >= 0.3 is 5.97 Å². The molecule has 3 heterocycles. The lowest BCUT2D eigenvalue weighted by molar-refractivity contribution is -0.151. The first-order valence-corrected chi connectivity index (χ1v) is 16.5. The van der Waals surface area contributed by atoms with Crippen molar-refractivity contribution in [1.29, 1.82) is 0 Å². The molecule has 1 aromatic carbocycles. The number of nitrogens with one attached hydrogen (secondary N) is 2. The van der Waals surface area contributed by atoms with Crippen LogP contribution in [0.2, 0.25) is 0 Å². The lowest BCUT2D eigenvalue weighted by Gasteiger charge is -2.35. The van der Waals surface area contributed by atoms with Gasteiger partial charge in [0.25, 0.3) is 0 Å². The van der Waals surface area contributed by atoms with Crippen LogP contribution in [0.5, 0.6) is 0 Å². The Bertz CT molecular complexity index is 1320. The molecule has 258 valence electrons. The third kappa shape index (κ3) is 8.28. The summed E-state index contributed by atoms with van der Waals surface area (Å²) in [6, 6.07) is 3.61. The van der Waals surface area contributed by atoms with Crippen LogP contribution in [0.4, 0.5) is 0 Å². The van der Waals surface area contributed by atoms with Crippen molar-refractivity contribution in [3.8, 4) is 0 Å². The van der Waals surface area contributed by atoms with Crippen LogP contribution in [-0.2, 0) is 35.2 Å². The summed E-state index contributed by atoms with van der Waals surface area (Å²) in [5.74, 6) is -4.08. The van der Waals surface area contributed by atoms with E-state index in [4.69, 9.17) is 5.73 Å². The van der Waals surface area contributed by atoms with Crippen molar-refractivity contribution in [3.05, 3.63) is 35.9 Å². The van der Waals surface area contributed by atoms with E-state index in [-0.39, 0.29) is 17.7 Å². The van der Waals surface area contributed by atoms with Crippen molar-refractivity contribution in [1.82, 2.24) is 25.3 Å². The van der Waals surface area contributed by atoms with Crippen LogP contribution in [0.1, 0.15) is 64.9 Å². The lowest BCUT2D eigenvalue weighted by atomic mass is 10.0. The van der Waals surface area contributed by atoms with E-state index in [9.17, 15) is 39.0 Å². The number of hydrogen-bond donors (Lipinski definition) is 5. The number of hydrogen-bond acceptors (Lipinski definition) is 8. The van der Waals surface area contributed by atoms with Gasteiger partial charge in [-0.05, 0) is 63.4 Å². The van der Waals surface area contributed by atoms with Gasteiger partial charge in [-0.25, -0.2) is 4.79 Å². The number of benzene rings is 1. The minimum atomic E-state index is -1.55. The van der Waals surface area contributed by atoms with Crippen LogP contribution < -0.4 is 16.4 Å². The second-order valence-corrected chi connectivity index (χ2v) is 13.2. The summed E-state index contributed by atoms with van der Waals surface area (Å²) in [5.41, 5.74) is 7.22. The van der Waals surface area contributed by atoms with Gasteiger partial charge in [-0.1, -0.05) is 44.2 Å². The number of nitrogens with zero attached hydrogens (tertiary/aromatic N) is 3. The molecule has 14 heteroatoms. The first-order chi connectivity index (χ1) is 22.3. The summed E-state index contributed by atoms with van der Waals surface area (Å²) in [6.45, 7) is 5.69. The van der Waals surface area contributed by atoms with Gasteiger partial charge in [-0.15, -0.1) is 0 Å². The predicted octanol–water partition coefficient (Wildman–Crippen LogP) is -0.380. The quantitative estimate of drug-likeness (QED) is 0.199. The Morgan fingerprint density at radius 2 is 1.30 bits per heavy atom. The van der Waals surface area contributed by atoms with E-state index in [2.05, 4.69) is 10.6 Å². The summed E-state index contributed by atoms with van der Waals surface area (Å²) < 4.78 is 0. The number of carboxylic acids is 1. The van der Waals surface area contributed by atoms with Gasteiger partial charge < -0.3 is 41.3 Å². The van der Waals surface area contributed by atoms with E-state index in [1.54, 1.807) is 23.6 Å². The molecule has 5 amide bonds. The maximum Gasteiger partial charge on any atom is 0.328 e. The Morgan fingerprint density at radius 1 is 0.787 bits per heavy atom. The van der Waals surface area contributed by atoms with Gasteiger partial charge in [0.2, 0.25) is 29.5 Å². The topological polar surface area (TPSA) is 203 Å². The summed E-state index contributed by atoms with van der Waals surface area (Å²) in [6.07, 6.45) is 2.06. The van der Waals surface area contributed by atoms with E-state index in [0.29, 0.717) is 64.6 Å². The maximum absolute atomic E-state index is 13.9. The van der Waals surface area contributed by atoms with Gasteiger partial charge in [-0.3, -0.25) is 24.0 Å². The van der Waals surface area contributed by atoms with Gasteiger partial charge in [0.1, 0.15) is 24.2 Å². The van der Waals surface area contributed by atoms with Crippen molar-refractivity contribution >= 4 is 35.5 Å². The molecule has 3 aliphatic rings. The minimum absolute atomic E-state index is 0.290. The van der Waals surface area contributed by atoms with E-state index < -0.39 is 66.1 Å². The first-order valence-electron chi connectivity index (χ1n) is 16.5. The molecule has 47 heavy (non-hydrogen) atoms. The zero-order valence-corrected chi connectivity index (χ0v) is 27.3. The molecule has 6 N–H and O–H groups in total. The molecular formula is C33H48N6O8. The van der Waals surface area contributed by atoms with E-state index in [0.717, 1.165) is 5.56 Å². The molecule has 0 aliphatic carbocycles. The fourth-order valence-corrected chi connectivity index (χ4v) is 6.84. The fraction of sp³-hybridized carbons (Fsp3) is 0.636. The summed E-state index contributed by atoms with van der Waals surface area (Å²) >= 11 is 0. The third-order valence-corrected chi connectivity index (χ3v) is 9.39. The monoisotopic (exact) mass is 656 g/mol. The van der Waals surface area contributed by atoms with Gasteiger partial charge in [0.15, 0.2) is 6.04 Å². The number of amides is 5. The molecule has 3 fully saturated rings. The van der Waals surface area contributed by atoms with E-state index in [1.807, 2.05) is 30.3 Å². The predicted molar refractivity (Wildman–Crippen MR) is 170 cm³/mol. The fourth-order valence-electron chi connectivity index (χ4n) is 6.84. The Kier molecular flexibility index (Phi) is 12.0. The second-order valence-electron chi connectivity index (χ2n) is 13.2. The highest BCUT2D eigenvalue weighted by Crippen LogP contribution is 2.29. The first kappa shape index (κ1) is 35.8. The Hall–Kier alpha value is -4.04. The highest BCUT2D eigenvalue weighted by Gasteiger charge is 2.46. The zero-order valence-electron chi connectivity index (χ0n) is 27.3. The van der Waals surface area contributed by atoms with Crippen LogP contribution in [0.15, 0.2) is 30.3 Å². The Morgan fingerprint density at radius 3 is 1.83 bits per heavy atom. The molecule has 0 bridgehead atoms. The number of carbonyl (C=O) groups is 6. The third-order valence-electron chi connectivity index (χ3n) is 9.39. The molecule has 3 aliphatic heterocycles. The largest absolute Gasteiger partial charge is 0.480 e.